The minimum atomic E-state index is -0.623. The summed E-state index contributed by atoms with van der Waals surface area (Å²) in [6.45, 7) is 0.237. The van der Waals surface area contributed by atoms with Crippen LogP contribution in [0.15, 0.2) is 40.9 Å². The third kappa shape index (κ3) is 3.51. The Balaban J connectivity index is 1.58. The number of aromatic nitrogens is 2. The molecule has 0 saturated carbocycles. The largest absolute Gasteiger partial charge is 0.493 e. The van der Waals surface area contributed by atoms with Crippen LogP contribution in [0.1, 0.15) is 18.2 Å². The molecule has 29 heavy (non-hydrogen) atoms. The molecule has 0 N–H and O–H groups in total. The topological polar surface area (TPSA) is 77.7 Å². The highest BCUT2D eigenvalue weighted by Gasteiger charge is 2.36. The zero-order chi connectivity index (χ0) is 20.5. The van der Waals surface area contributed by atoms with Gasteiger partial charge in [-0.25, -0.2) is 4.39 Å². The molecule has 0 bridgehead atoms. The van der Waals surface area contributed by atoms with Crippen molar-refractivity contribution in [2.45, 2.75) is 12.3 Å². The Bertz CT molecular complexity index is 1070. The van der Waals surface area contributed by atoms with Crippen LogP contribution in [-0.2, 0) is 4.79 Å². The molecule has 1 amide bonds. The molecule has 0 aliphatic carbocycles. The van der Waals surface area contributed by atoms with E-state index in [2.05, 4.69) is 10.1 Å². The number of amides is 1. The average Bonchev–Trinajstić information content (AvgIpc) is 3.36. The molecule has 0 spiro atoms. The monoisotopic (exact) mass is 417 g/mol. The van der Waals surface area contributed by atoms with Crippen LogP contribution in [0.25, 0.3) is 11.5 Å². The molecular formula is C20H17ClFN3O4. The molecule has 9 heteroatoms. The number of carbonyl (C=O) groups excluding carboxylic acids is 1. The number of hydrogen-bond donors (Lipinski definition) is 0. The van der Waals surface area contributed by atoms with Gasteiger partial charge in [0.2, 0.25) is 5.91 Å². The molecule has 1 atom stereocenters. The van der Waals surface area contributed by atoms with Gasteiger partial charge in [-0.2, -0.15) is 4.98 Å². The molecule has 1 aliphatic rings. The summed E-state index contributed by atoms with van der Waals surface area (Å²) < 4.78 is 30.2. The summed E-state index contributed by atoms with van der Waals surface area (Å²) >= 11 is 5.84. The number of anilines is 1. The summed E-state index contributed by atoms with van der Waals surface area (Å²) in [5.74, 6) is 0.614. The highest BCUT2D eigenvalue weighted by atomic mass is 35.5. The van der Waals surface area contributed by atoms with Crippen molar-refractivity contribution in [3.8, 4) is 23.0 Å². The van der Waals surface area contributed by atoms with E-state index >= 15 is 0 Å². The predicted octanol–water partition coefficient (Wildman–Crippen LogP) is 4.07. The van der Waals surface area contributed by atoms with Crippen LogP contribution in [0, 0.1) is 5.82 Å². The Morgan fingerprint density at radius 1 is 1.21 bits per heavy atom. The highest BCUT2D eigenvalue weighted by Crippen LogP contribution is 2.35. The maximum atomic E-state index is 14.3. The lowest BCUT2D eigenvalue weighted by molar-refractivity contribution is -0.117. The molecule has 1 aliphatic heterocycles. The number of benzene rings is 2. The minimum absolute atomic E-state index is 0.0333. The fourth-order valence-electron chi connectivity index (χ4n) is 3.30. The second kappa shape index (κ2) is 7.71. The van der Waals surface area contributed by atoms with Gasteiger partial charge < -0.3 is 18.9 Å². The molecule has 2 heterocycles. The summed E-state index contributed by atoms with van der Waals surface area (Å²) in [7, 11) is 3.09. The van der Waals surface area contributed by atoms with Gasteiger partial charge in [-0.3, -0.25) is 4.79 Å². The highest BCUT2D eigenvalue weighted by molar-refractivity contribution is 6.31. The fourth-order valence-corrected chi connectivity index (χ4v) is 3.47. The number of rotatable bonds is 5. The molecule has 1 unspecified atom stereocenters. The molecule has 150 valence electrons. The van der Waals surface area contributed by atoms with E-state index in [1.54, 1.807) is 31.4 Å². The summed E-state index contributed by atoms with van der Waals surface area (Å²) in [6.07, 6.45) is 0.150. The van der Waals surface area contributed by atoms with Gasteiger partial charge in [-0.15, -0.1) is 0 Å². The third-order valence-corrected chi connectivity index (χ3v) is 5.08. The van der Waals surface area contributed by atoms with Crippen LogP contribution in [0.4, 0.5) is 10.1 Å². The molecule has 4 rings (SSSR count). The SMILES string of the molecule is COc1ccc(-c2nc(C3CC(=O)N(c4cccc(Cl)c4F)C3)no2)cc1OC. The van der Waals surface area contributed by atoms with E-state index in [0.29, 0.717) is 28.8 Å². The number of ether oxygens (including phenoxy) is 2. The Labute approximate surface area is 171 Å². The lowest BCUT2D eigenvalue weighted by atomic mass is 10.1. The number of halogens is 2. The molecule has 2 aromatic carbocycles. The van der Waals surface area contributed by atoms with Gasteiger partial charge in [0, 0.05) is 24.4 Å². The zero-order valence-electron chi connectivity index (χ0n) is 15.7. The second-order valence-electron chi connectivity index (χ2n) is 6.51. The molecule has 1 saturated heterocycles. The van der Waals surface area contributed by atoms with Crippen molar-refractivity contribution < 1.29 is 23.2 Å². The van der Waals surface area contributed by atoms with E-state index in [-0.39, 0.29) is 35.5 Å². The van der Waals surface area contributed by atoms with Gasteiger partial charge in [-0.05, 0) is 30.3 Å². The first-order valence-corrected chi connectivity index (χ1v) is 9.20. The van der Waals surface area contributed by atoms with Crippen molar-refractivity contribution >= 4 is 23.2 Å². The van der Waals surface area contributed by atoms with E-state index in [1.165, 1.54) is 24.1 Å². The van der Waals surface area contributed by atoms with Crippen molar-refractivity contribution in [1.29, 1.82) is 0 Å². The van der Waals surface area contributed by atoms with Gasteiger partial charge in [0.1, 0.15) is 0 Å². The van der Waals surface area contributed by atoms with E-state index in [1.807, 2.05) is 0 Å². The zero-order valence-corrected chi connectivity index (χ0v) is 16.4. The summed E-state index contributed by atoms with van der Waals surface area (Å²) in [6, 6.07) is 9.79. The number of nitrogens with zero attached hydrogens (tertiary/aromatic N) is 3. The maximum absolute atomic E-state index is 14.3. The van der Waals surface area contributed by atoms with E-state index in [9.17, 15) is 9.18 Å². The lowest BCUT2D eigenvalue weighted by Crippen LogP contribution is -2.25. The van der Waals surface area contributed by atoms with E-state index in [4.69, 9.17) is 25.6 Å². The Morgan fingerprint density at radius 3 is 2.76 bits per heavy atom. The van der Waals surface area contributed by atoms with Gasteiger partial charge in [0.05, 0.1) is 24.9 Å². The summed E-state index contributed by atoms with van der Waals surface area (Å²) in [5, 5.41) is 3.99. The number of carbonyl (C=O) groups is 1. The van der Waals surface area contributed by atoms with Gasteiger partial charge in [-0.1, -0.05) is 22.8 Å². The average molecular weight is 418 g/mol. The predicted molar refractivity (Wildman–Crippen MR) is 104 cm³/mol. The lowest BCUT2D eigenvalue weighted by Gasteiger charge is -2.17. The Morgan fingerprint density at radius 2 is 2.00 bits per heavy atom. The van der Waals surface area contributed by atoms with Crippen molar-refractivity contribution in [3.63, 3.8) is 0 Å². The van der Waals surface area contributed by atoms with Crippen molar-refractivity contribution in [1.82, 2.24) is 10.1 Å². The standard InChI is InChI=1S/C20H17ClFN3O4/c1-27-15-7-6-11(8-16(15)28-2)20-23-19(24-29-20)12-9-17(26)25(10-12)14-5-3-4-13(21)18(14)22/h3-8,12H,9-10H2,1-2H3. The Hall–Kier alpha value is -3.13. The van der Waals surface area contributed by atoms with Crippen LogP contribution in [0.2, 0.25) is 5.02 Å². The first-order chi connectivity index (χ1) is 14.0. The summed E-state index contributed by atoms with van der Waals surface area (Å²) in [5.41, 5.74) is 0.803. The van der Waals surface area contributed by atoms with Crippen LogP contribution >= 0.6 is 11.6 Å². The van der Waals surface area contributed by atoms with E-state index < -0.39 is 5.82 Å². The molecule has 7 nitrogen and oxygen atoms in total. The molecule has 1 fully saturated rings. The number of methoxy groups -OCH3 is 2. The van der Waals surface area contributed by atoms with Crippen molar-refractivity contribution in [2.24, 2.45) is 0 Å². The van der Waals surface area contributed by atoms with E-state index in [0.717, 1.165) is 0 Å². The van der Waals surface area contributed by atoms with Crippen LogP contribution < -0.4 is 14.4 Å². The van der Waals surface area contributed by atoms with Gasteiger partial charge >= 0.3 is 0 Å². The first-order valence-electron chi connectivity index (χ1n) is 8.82. The van der Waals surface area contributed by atoms with Crippen LogP contribution in [0.5, 0.6) is 11.5 Å². The van der Waals surface area contributed by atoms with Crippen LogP contribution in [-0.4, -0.2) is 36.8 Å². The van der Waals surface area contributed by atoms with Crippen molar-refractivity contribution in [2.75, 3.05) is 25.7 Å². The maximum Gasteiger partial charge on any atom is 0.258 e. The summed E-state index contributed by atoms with van der Waals surface area (Å²) in [4.78, 5) is 18.2. The smallest absolute Gasteiger partial charge is 0.258 e. The third-order valence-electron chi connectivity index (χ3n) is 4.78. The molecule has 0 radical (unpaired) electrons. The van der Waals surface area contributed by atoms with Gasteiger partial charge in [0.15, 0.2) is 23.1 Å². The number of hydrogen-bond acceptors (Lipinski definition) is 6. The fraction of sp³-hybridized carbons (Fsp3) is 0.250. The van der Waals surface area contributed by atoms with Crippen LogP contribution in [0.3, 0.4) is 0 Å². The Kier molecular flexibility index (Phi) is 5.10. The molecular weight excluding hydrogens is 401 g/mol. The minimum Gasteiger partial charge on any atom is -0.493 e. The molecule has 1 aromatic heterocycles. The first kappa shape index (κ1) is 19.2. The quantitative estimate of drug-likeness (QED) is 0.622. The normalized spacial score (nSPS) is 16.3. The second-order valence-corrected chi connectivity index (χ2v) is 6.91. The van der Waals surface area contributed by atoms with Gasteiger partial charge in [0.25, 0.3) is 5.89 Å². The molecule has 3 aromatic rings. The van der Waals surface area contributed by atoms with Crippen molar-refractivity contribution in [3.05, 3.63) is 53.1 Å².